The Kier molecular flexibility index (Phi) is 4.00. The number of allylic oxidation sites excluding steroid dienone is 2. The van der Waals surface area contributed by atoms with E-state index < -0.39 is 0 Å². The van der Waals surface area contributed by atoms with Crippen molar-refractivity contribution >= 4 is 21.6 Å². The highest BCUT2D eigenvalue weighted by molar-refractivity contribution is 9.11. The van der Waals surface area contributed by atoms with E-state index in [4.69, 9.17) is 5.73 Å². The van der Waals surface area contributed by atoms with Gasteiger partial charge in [-0.1, -0.05) is 34.7 Å². The summed E-state index contributed by atoms with van der Waals surface area (Å²) >= 11 is 3.57. The second kappa shape index (κ2) is 5.78. The molecule has 2 unspecified atom stereocenters. The van der Waals surface area contributed by atoms with Gasteiger partial charge in [0.1, 0.15) is 7.05 Å². The number of rotatable bonds is 4. The van der Waals surface area contributed by atoms with Crippen molar-refractivity contribution in [2.24, 2.45) is 12.8 Å². The van der Waals surface area contributed by atoms with Crippen molar-refractivity contribution in [1.82, 2.24) is 4.90 Å². The lowest BCUT2D eigenvalue weighted by Crippen LogP contribution is -2.47. The fourth-order valence-corrected chi connectivity index (χ4v) is 3.24. The Labute approximate surface area is 134 Å². The molecular weight excluding hydrogens is 326 g/mol. The van der Waals surface area contributed by atoms with E-state index >= 15 is 0 Å². The molecule has 0 amide bonds. The minimum Gasteiger partial charge on any atom is -0.360 e. The van der Waals surface area contributed by atoms with Crippen LogP contribution in [0, 0.1) is 0 Å². The Morgan fingerprint density at radius 1 is 1.48 bits per heavy atom. The maximum absolute atomic E-state index is 6.31. The highest BCUT2D eigenvalue weighted by Crippen LogP contribution is 2.37. The third-order valence-corrected chi connectivity index (χ3v) is 4.58. The van der Waals surface area contributed by atoms with Gasteiger partial charge in [-0.05, 0) is 25.0 Å². The van der Waals surface area contributed by atoms with Gasteiger partial charge in [-0.15, -0.1) is 0 Å². The molecule has 0 bridgehead atoms. The first-order valence-electron chi connectivity index (χ1n) is 7.30. The van der Waals surface area contributed by atoms with Gasteiger partial charge >= 0.3 is 0 Å². The summed E-state index contributed by atoms with van der Waals surface area (Å²) in [5, 5.41) is 0. The molecule has 1 fully saturated rings. The number of halogens is 1. The summed E-state index contributed by atoms with van der Waals surface area (Å²) in [5.41, 5.74) is 8.52. The van der Waals surface area contributed by atoms with Crippen molar-refractivity contribution in [3.63, 3.8) is 0 Å². The van der Waals surface area contributed by atoms with Crippen LogP contribution in [0.2, 0.25) is 0 Å². The smallest absolute Gasteiger partial charge is 0.177 e. The second-order valence-corrected chi connectivity index (χ2v) is 6.74. The Morgan fingerprint density at radius 2 is 2.24 bits per heavy atom. The molecule has 2 aliphatic rings. The van der Waals surface area contributed by atoms with Crippen molar-refractivity contribution < 1.29 is 4.57 Å². The van der Waals surface area contributed by atoms with E-state index in [-0.39, 0.29) is 12.1 Å². The van der Waals surface area contributed by atoms with Gasteiger partial charge in [-0.25, -0.2) is 4.57 Å². The molecule has 1 saturated carbocycles. The first-order chi connectivity index (χ1) is 10.1. The fraction of sp³-hybridized carbons (Fsp3) is 0.353. The summed E-state index contributed by atoms with van der Waals surface area (Å²) in [5.74, 6) is 0. The van der Waals surface area contributed by atoms with E-state index in [0.717, 1.165) is 15.7 Å². The number of nitrogens with two attached hydrogens (primary N) is 1. The van der Waals surface area contributed by atoms with Crippen molar-refractivity contribution in [1.29, 1.82) is 0 Å². The molecule has 0 saturated heterocycles. The first-order valence-corrected chi connectivity index (χ1v) is 8.09. The van der Waals surface area contributed by atoms with Crippen LogP contribution in [0.15, 0.2) is 53.8 Å². The van der Waals surface area contributed by atoms with Crippen molar-refractivity contribution in [2.75, 3.05) is 0 Å². The molecule has 3 nitrogen and oxygen atoms in total. The molecule has 1 aromatic rings. The zero-order valence-corrected chi connectivity index (χ0v) is 13.8. The van der Waals surface area contributed by atoms with Gasteiger partial charge in [0.25, 0.3) is 0 Å². The molecule has 2 atom stereocenters. The Balaban J connectivity index is 1.92. The average molecular weight is 347 g/mol. The van der Waals surface area contributed by atoms with Crippen molar-refractivity contribution in [2.45, 2.75) is 31.0 Å². The molecule has 0 radical (unpaired) electrons. The lowest BCUT2D eigenvalue weighted by Gasteiger charge is -2.37. The molecule has 110 valence electrons. The average Bonchev–Trinajstić information content (AvgIpc) is 3.27. The highest BCUT2D eigenvalue weighted by atomic mass is 79.9. The molecule has 2 N–H and O–H groups in total. The van der Waals surface area contributed by atoms with E-state index in [1.807, 2.05) is 19.3 Å². The Morgan fingerprint density at radius 3 is 2.90 bits per heavy atom. The van der Waals surface area contributed by atoms with Crippen LogP contribution in [0.3, 0.4) is 0 Å². The number of aromatic nitrogens is 1. The predicted octanol–water partition coefficient (Wildman–Crippen LogP) is 2.49. The van der Waals surface area contributed by atoms with Crippen molar-refractivity contribution in [3.05, 3.63) is 59.4 Å². The normalized spacial score (nSPS) is 24.6. The zero-order chi connectivity index (χ0) is 15.0. The van der Waals surface area contributed by atoms with E-state index in [2.05, 4.69) is 62.5 Å². The molecule has 3 rings (SSSR count). The predicted molar refractivity (Wildman–Crippen MR) is 89.4 cm³/mol. The van der Waals surface area contributed by atoms with Gasteiger partial charge < -0.3 is 10.6 Å². The summed E-state index contributed by atoms with van der Waals surface area (Å²) in [7, 11) is 2.03. The van der Waals surface area contributed by atoms with Gasteiger partial charge in [0.2, 0.25) is 0 Å². The summed E-state index contributed by atoms with van der Waals surface area (Å²) in [4.78, 5) is 2.39. The van der Waals surface area contributed by atoms with Crippen LogP contribution in [-0.4, -0.2) is 23.0 Å². The number of aryl methyl sites for hydroxylation is 1. The fourth-order valence-electron chi connectivity index (χ4n) is 2.82. The van der Waals surface area contributed by atoms with Crippen LogP contribution >= 0.6 is 15.9 Å². The lowest BCUT2D eigenvalue weighted by molar-refractivity contribution is -0.671. The standard InChI is InChI=1S/C17H21BrN3/c1-12(13-4-3-9-20(2)11-13)21(15-6-7-15)17-10-14(18)5-8-16(17)19/h3-5,8-11,15-17H,1,6-7,19H2,2H3/q+1. The van der Waals surface area contributed by atoms with E-state index in [9.17, 15) is 0 Å². The maximum atomic E-state index is 6.31. The molecule has 21 heavy (non-hydrogen) atoms. The lowest BCUT2D eigenvalue weighted by atomic mass is 10.00. The highest BCUT2D eigenvalue weighted by Gasteiger charge is 2.37. The van der Waals surface area contributed by atoms with Crippen LogP contribution < -0.4 is 10.3 Å². The second-order valence-electron chi connectivity index (χ2n) is 5.82. The quantitative estimate of drug-likeness (QED) is 0.849. The first kappa shape index (κ1) is 14.5. The SMILES string of the molecule is C=C(c1ccc[n+](C)c1)N(C1CC1)C1C=C(Br)C=CC1N. The number of hydrogen-bond acceptors (Lipinski definition) is 2. The van der Waals surface area contributed by atoms with Gasteiger partial charge in [0, 0.05) is 28.3 Å². The third kappa shape index (κ3) is 3.11. The number of hydrogen-bond donors (Lipinski definition) is 1. The molecule has 0 aromatic carbocycles. The molecular formula is C17H21BrN3+. The summed E-state index contributed by atoms with van der Waals surface area (Å²) in [6, 6.07) is 4.89. The minimum absolute atomic E-state index is 0.00103. The van der Waals surface area contributed by atoms with Crippen LogP contribution in [0.5, 0.6) is 0 Å². The molecule has 0 aliphatic heterocycles. The topological polar surface area (TPSA) is 33.1 Å². The summed E-state index contributed by atoms with van der Waals surface area (Å²) in [6.07, 6.45) is 12.9. The van der Waals surface area contributed by atoms with Gasteiger partial charge in [0.15, 0.2) is 12.4 Å². The molecule has 4 heteroatoms. The van der Waals surface area contributed by atoms with Crippen molar-refractivity contribution in [3.8, 4) is 0 Å². The van der Waals surface area contributed by atoms with E-state index in [0.29, 0.717) is 6.04 Å². The Hall–Kier alpha value is -1.39. The van der Waals surface area contributed by atoms with Crippen LogP contribution in [0.1, 0.15) is 18.4 Å². The van der Waals surface area contributed by atoms with Crippen LogP contribution in [0.4, 0.5) is 0 Å². The summed E-state index contributed by atoms with van der Waals surface area (Å²) in [6.45, 7) is 4.35. The number of nitrogens with zero attached hydrogens (tertiary/aromatic N) is 2. The maximum Gasteiger partial charge on any atom is 0.177 e. The molecule has 2 aliphatic carbocycles. The van der Waals surface area contributed by atoms with Crippen LogP contribution in [0.25, 0.3) is 5.70 Å². The molecule has 1 heterocycles. The van der Waals surface area contributed by atoms with E-state index in [1.54, 1.807) is 0 Å². The minimum atomic E-state index is 0.00103. The summed E-state index contributed by atoms with van der Waals surface area (Å²) < 4.78 is 3.14. The third-order valence-electron chi connectivity index (χ3n) is 4.05. The zero-order valence-electron chi connectivity index (χ0n) is 12.2. The molecule has 0 spiro atoms. The van der Waals surface area contributed by atoms with Gasteiger partial charge in [-0.3, -0.25) is 0 Å². The van der Waals surface area contributed by atoms with Gasteiger partial charge in [-0.2, -0.15) is 0 Å². The largest absolute Gasteiger partial charge is 0.360 e. The Bertz CT molecular complexity index is 616. The number of pyridine rings is 1. The monoisotopic (exact) mass is 346 g/mol. The van der Waals surface area contributed by atoms with E-state index in [1.165, 1.54) is 12.8 Å². The van der Waals surface area contributed by atoms with Gasteiger partial charge in [0.05, 0.1) is 11.6 Å². The van der Waals surface area contributed by atoms with Crippen LogP contribution in [-0.2, 0) is 7.05 Å². The molecule has 1 aromatic heterocycles.